The Morgan fingerprint density at radius 2 is 2.29 bits per heavy atom. The van der Waals surface area contributed by atoms with Crippen molar-refractivity contribution in [3.05, 3.63) is 0 Å². The van der Waals surface area contributed by atoms with E-state index in [1.807, 2.05) is 0 Å². The number of hydrogen-bond acceptors (Lipinski definition) is 4. The maximum absolute atomic E-state index is 11.5. The van der Waals surface area contributed by atoms with Crippen LogP contribution in [0.4, 0.5) is 0 Å². The average Bonchev–Trinajstić information content (AvgIpc) is 2.64. The minimum absolute atomic E-state index is 0.231. The normalized spacial score (nSPS) is 36.2. The van der Waals surface area contributed by atoms with E-state index in [1.165, 1.54) is 6.26 Å². The lowest BCUT2D eigenvalue weighted by atomic mass is 9.84. The molecule has 0 radical (unpaired) electrons. The monoisotopic (exact) mass is 262 g/mol. The molecule has 0 amide bonds. The molecule has 100 valence electrons. The quantitative estimate of drug-likeness (QED) is 0.786. The van der Waals surface area contributed by atoms with Gasteiger partial charge in [-0.25, -0.2) is 12.7 Å². The molecule has 5 nitrogen and oxygen atoms in total. The van der Waals surface area contributed by atoms with Crippen molar-refractivity contribution < 1.29 is 13.2 Å². The summed E-state index contributed by atoms with van der Waals surface area (Å²) >= 11 is 0. The molecule has 2 unspecified atom stereocenters. The third-order valence-corrected chi connectivity index (χ3v) is 5.05. The van der Waals surface area contributed by atoms with Gasteiger partial charge in [-0.1, -0.05) is 0 Å². The fourth-order valence-electron chi connectivity index (χ4n) is 2.85. The van der Waals surface area contributed by atoms with E-state index in [9.17, 15) is 8.42 Å². The summed E-state index contributed by atoms with van der Waals surface area (Å²) in [5.74, 6) is 0.380. The maximum Gasteiger partial charge on any atom is 0.211 e. The maximum atomic E-state index is 11.5. The van der Waals surface area contributed by atoms with Crippen LogP contribution in [0, 0.1) is 5.92 Å². The molecular formula is C11H22N2O3S. The second kappa shape index (κ2) is 4.84. The van der Waals surface area contributed by atoms with E-state index in [0.717, 1.165) is 32.3 Å². The zero-order valence-corrected chi connectivity index (χ0v) is 11.2. The summed E-state index contributed by atoms with van der Waals surface area (Å²) in [6.45, 7) is 2.63. The molecule has 0 aliphatic carbocycles. The van der Waals surface area contributed by atoms with Crippen LogP contribution in [-0.4, -0.2) is 50.8 Å². The van der Waals surface area contributed by atoms with Crippen LogP contribution in [0.3, 0.4) is 0 Å². The fraction of sp³-hybridized carbons (Fsp3) is 1.00. The van der Waals surface area contributed by atoms with Crippen molar-refractivity contribution in [3.63, 3.8) is 0 Å². The van der Waals surface area contributed by atoms with Crippen molar-refractivity contribution in [1.29, 1.82) is 0 Å². The third-order valence-electron chi connectivity index (χ3n) is 3.78. The number of nitrogens with zero attached hydrogens (tertiary/aromatic N) is 1. The fourth-order valence-corrected chi connectivity index (χ4v) is 3.80. The predicted molar refractivity (Wildman–Crippen MR) is 66.1 cm³/mol. The van der Waals surface area contributed by atoms with Gasteiger partial charge in [0, 0.05) is 25.2 Å². The van der Waals surface area contributed by atoms with Gasteiger partial charge in [0.15, 0.2) is 0 Å². The lowest BCUT2D eigenvalue weighted by molar-refractivity contribution is 0.158. The molecule has 0 aromatic rings. The first kappa shape index (κ1) is 13.3. The molecule has 0 spiro atoms. The Kier molecular flexibility index (Phi) is 3.77. The number of rotatable bonds is 3. The standard InChI is InChI=1S/C11H22N2O3S/c1-17(14,15)13-5-2-3-10(8-13)7-11(12)4-6-16-9-11/h10H,2-9,12H2,1H3. The van der Waals surface area contributed by atoms with Crippen LogP contribution >= 0.6 is 0 Å². The van der Waals surface area contributed by atoms with E-state index in [0.29, 0.717) is 25.6 Å². The van der Waals surface area contributed by atoms with E-state index in [1.54, 1.807) is 4.31 Å². The molecule has 2 N–H and O–H groups in total. The number of ether oxygens (including phenoxy) is 1. The van der Waals surface area contributed by atoms with Gasteiger partial charge in [-0.05, 0) is 31.6 Å². The van der Waals surface area contributed by atoms with E-state index >= 15 is 0 Å². The third kappa shape index (κ3) is 3.40. The molecule has 0 aromatic carbocycles. The molecule has 2 rings (SSSR count). The lowest BCUT2D eigenvalue weighted by Crippen LogP contribution is -2.46. The van der Waals surface area contributed by atoms with Crippen LogP contribution in [0.15, 0.2) is 0 Å². The summed E-state index contributed by atoms with van der Waals surface area (Å²) in [6.07, 6.45) is 5.06. The van der Waals surface area contributed by atoms with Gasteiger partial charge in [-0.2, -0.15) is 0 Å². The molecular weight excluding hydrogens is 240 g/mol. The first-order valence-corrected chi connectivity index (χ1v) is 8.06. The molecule has 2 heterocycles. The first-order chi connectivity index (χ1) is 7.89. The highest BCUT2D eigenvalue weighted by Crippen LogP contribution is 2.29. The number of piperidine rings is 1. The second-order valence-electron chi connectivity index (χ2n) is 5.50. The summed E-state index contributed by atoms with van der Waals surface area (Å²) in [7, 11) is -3.05. The largest absolute Gasteiger partial charge is 0.379 e. The summed E-state index contributed by atoms with van der Waals surface area (Å²) in [6, 6.07) is 0. The van der Waals surface area contributed by atoms with Crippen molar-refractivity contribution in [1.82, 2.24) is 4.31 Å². The van der Waals surface area contributed by atoms with E-state index in [2.05, 4.69) is 0 Å². The Morgan fingerprint density at radius 3 is 2.88 bits per heavy atom. The van der Waals surface area contributed by atoms with Crippen molar-refractivity contribution in [2.24, 2.45) is 11.7 Å². The topological polar surface area (TPSA) is 72.6 Å². The smallest absolute Gasteiger partial charge is 0.211 e. The highest BCUT2D eigenvalue weighted by molar-refractivity contribution is 7.88. The van der Waals surface area contributed by atoms with Crippen LogP contribution in [0.25, 0.3) is 0 Å². The molecule has 0 saturated carbocycles. The van der Waals surface area contributed by atoms with Crippen LogP contribution < -0.4 is 5.73 Å². The minimum Gasteiger partial charge on any atom is -0.379 e. The van der Waals surface area contributed by atoms with Crippen molar-refractivity contribution >= 4 is 10.0 Å². The van der Waals surface area contributed by atoms with E-state index in [-0.39, 0.29) is 5.54 Å². The summed E-state index contributed by atoms with van der Waals surface area (Å²) in [4.78, 5) is 0. The second-order valence-corrected chi connectivity index (χ2v) is 7.48. The van der Waals surface area contributed by atoms with Gasteiger partial charge in [0.25, 0.3) is 0 Å². The van der Waals surface area contributed by atoms with Crippen molar-refractivity contribution in [3.8, 4) is 0 Å². The van der Waals surface area contributed by atoms with Crippen LogP contribution in [0.5, 0.6) is 0 Å². The number of nitrogens with two attached hydrogens (primary N) is 1. The Labute approximate surface area is 103 Å². The zero-order chi connectivity index (χ0) is 12.5. The SMILES string of the molecule is CS(=O)(=O)N1CCCC(CC2(N)CCOC2)C1. The lowest BCUT2D eigenvalue weighted by Gasteiger charge is -2.35. The molecule has 2 saturated heterocycles. The highest BCUT2D eigenvalue weighted by Gasteiger charge is 2.35. The van der Waals surface area contributed by atoms with Crippen molar-refractivity contribution in [2.45, 2.75) is 31.2 Å². The van der Waals surface area contributed by atoms with Gasteiger partial charge in [-0.3, -0.25) is 0 Å². The average molecular weight is 262 g/mol. The van der Waals surface area contributed by atoms with Gasteiger partial charge in [-0.15, -0.1) is 0 Å². The molecule has 6 heteroatoms. The van der Waals surface area contributed by atoms with Gasteiger partial charge in [0.1, 0.15) is 0 Å². The zero-order valence-electron chi connectivity index (χ0n) is 10.4. The molecule has 2 aliphatic heterocycles. The Morgan fingerprint density at radius 1 is 1.53 bits per heavy atom. The van der Waals surface area contributed by atoms with Crippen LogP contribution in [0.2, 0.25) is 0 Å². The first-order valence-electron chi connectivity index (χ1n) is 6.21. The summed E-state index contributed by atoms with van der Waals surface area (Å²) in [5, 5.41) is 0. The van der Waals surface area contributed by atoms with Crippen LogP contribution in [-0.2, 0) is 14.8 Å². The molecule has 2 atom stereocenters. The van der Waals surface area contributed by atoms with Gasteiger partial charge in [0.2, 0.25) is 10.0 Å². The molecule has 2 aliphatic rings. The van der Waals surface area contributed by atoms with Gasteiger partial charge < -0.3 is 10.5 Å². The Hall–Kier alpha value is -0.170. The number of sulfonamides is 1. The Bertz CT molecular complexity index is 363. The van der Waals surface area contributed by atoms with E-state index in [4.69, 9.17) is 10.5 Å². The van der Waals surface area contributed by atoms with Crippen molar-refractivity contribution in [2.75, 3.05) is 32.6 Å². The summed E-state index contributed by atoms with van der Waals surface area (Å²) in [5.41, 5.74) is 6.02. The molecule has 0 aromatic heterocycles. The van der Waals surface area contributed by atoms with E-state index < -0.39 is 10.0 Å². The minimum atomic E-state index is -3.05. The molecule has 0 bridgehead atoms. The van der Waals surface area contributed by atoms with Gasteiger partial charge in [0.05, 0.1) is 12.9 Å². The molecule has 2 fully saturated rings. The molecule has 17 heavy (non-hydrogen) atoms. The number of hydrogen-bond donors (Lipinski definition) is 1. The highest BCUT2D eigenvalue weighted by atomic mass is 32.2. The van der Waals surface area contributed by atoms with Crippen LogP contribution in [0.1, 0.15) is 25.7 Å². The Balaban J connectivity index is 1.94. The van der Waals surface area contributed by atoms with Gasteiger partial charge >= 0.3 is 0 Å². The predicted octanol–water partition coefficient (Wildman–Crippen LogP) is 0.166. The summed E-state index contributed by atoms with van der Waals surface area (Å²) < 4.78 is 30.0.